The number of hydrogen-bond donors (Lipinski definition) is 1. The molecule has 1 heterocycles. The van der Waals surface area contributed by atoms with Crippen LogP contribution in [0.15, 0.2) is 34.9 Å². The average molecular weight is 288 g/mol. The highest BCUT2D eigenvalue weighted by Gasteiger charge is 2.07. The Morgan fingerprint density at radius 2 is 1.90 bits per heavy atom. The van der Waals surface area contributed by atoms with E-state index >= 15 is 0 Å². The topological polar surface area (TPSA) is 47.3 Å². The van der Waals surface area contributed by atoms with Crippen LogP contribution in [0.5, 0.6) is 5.75 Å². The van der Waals surface area contributed by atoms with Crippen LogP contribution in [0.1, 0.15) is 43.8 Å². The molecule has 1 atom stereocenters. The molecule has 4 nitrogen and oxygen atoms in total. The van der Waals surface area contributed by atoms with Crippen LogP contribution in [0.4, 0.5) is 0 Å². The molecule has 0 aliphatic carbocycles. The van der Waals surface area contributed by atoms with Crippen LogP contribution in [0.25, 0.3) is 0 Å². The summed E-state index contributed by atoms with van der Waals surface area (Å²) in [6.45, 7) is 9.77. The van der Waals surface area contributed by atoms with Crippen LogP contribution in [-0.4, -0.2) is 11.8 Å². The number of ether oxygens (including phenoxy) is 1. The third-order valence-electron chi connectivity index (χ3n) is 3.23. The Bertz CT molecular complexity index is 546. The highest BCUT2D eigenvalue weighted by atomic mass is 16.5. The third kappa shape index (κ3) is 4.90. The van der Waals surface area contributed by atoms with Crippen molar-refractivity contribution in [3.63, 3.8) is 0 Å². The summed E-state index contributed by atoms with van der Waals surface area (Å²) in [6.07, 6.45) is 0. The Morgan fingerprint density at radius 3 is 2.48 bits per heavy atom. The van der Waals surface area contributed by atoms with E-state index in [0.717, 1.165) is 23.8 Å². The van der Waals surface area contributed by atoms with Crippen LogP contribution in [0.2, 0.25) is 0 Å². The smallest absolute Gasteiger partial charge is 0.133 e. The van der Waals surface area contributed by atoms with Gasteiger partial charge in [-0.05, 0) is 37.5 Å². The van der Waals surface area contributed by atoms with Gasteiger partial charge in [-0.15, -0.1) is 0 Å². The summed E-state index contributed by atoms with van der Waals surface area (Å²) >= 11 is 0. The SMILES string of the molecule is Cc1cc(CNC(C)c2ccc(OCC(C)C)cc2)no1. The average Bonchev–Trinajstić information content (AvgIpc) is 2.89. The lowest BCUT2D eigenvalue weighted by molar-refractivity contribution is 0.271. The second kappa shape index (κ2) is 7.27. The van der Waals surface area contributed by atoms with Gasteiger partial charge in [0.1, 0.15) is 11.5 Å². The van der Waals surface area contributed by atoms with Gasteiger partial charge in [-0.1, -0.05) is 31.1 Å². The lowest BCUT2D eigenvalue weighted by Gasteiger charge is -2.14. The van der Waals surface area contributed by atoms with Crippen molar-refractivity contribution < 1.29 is 9.26 Å². The van der Waals surface area contributed by atoms with E-state index in [1.54, 1.807) is 0 Å². The van der Waals surface area contributed by atoms with Crippen molar-refractivity contribution >= 4 is 0 Å². The van der Waals surface area contributed by atoms with Gasteiger partial charge < -0.3 is 14.6 Å². The standard InChI is InChI=1S/C17H24N2O2/c1-12(2)11-20-17-7-5-15(6-8-17)14(4)18-10-16-9-13(3)21-19-16/h5-9,12,14,18H,10-11H2,1-4H3. The van der Waals surface area contributed by atoms with E-state index < -0.39 is 0 Å². The van der Waals surface area contributed by atoms with E-state index in [2.05, 4.69) is 43.4 Å². The van der Waals surface area contributed by atoms with E-state index in [9.17, 15) is 0 Å². The van der Waals surface area contributed by atoms with E-state index in [4.69, 9.17) is 9.26 Å². The Labute approximate surface area is 126 Å². The highest BCUT2D eigenvalue weighted by molar-refractivity contribution is 5.29. The van der Waals surface area contributed by atoms with Gasteiger partial charge in [-0.3, -0.25) is 0 Å². The maximum atomic E-state index is 5.69. The molecule has 0 radical (unpaired) electrons. The van der Waals surface area contributed by atoms with Gasteiger partial charge in [0.15, 0.2) is 0 Å². The number of hydrogen-bond acceptors (Lipinski definition) is 4. The third-order valence-corrected chi connectivity index (χ3v) is 3.23. The molecule has 0 bridgehead atoms. The van der Waals surface area contributed by atoms with E-state index in [1.807, 2.05) is 25.1 Å². The summed E-state index contributed by atoms with van der Waals surface area (Å²) in [5, 5.41) is 7.41. The molecule has 0 amide bonds. The van der Waals surface area contributed by atoms with E-state index in [0.29, 0.717) is 12.5 Å². The van der Waals surface area contributed by atoms with Gasteiger partial charge in [-0.2, -0.15) is 0 Å². The normalized spacial score (nSPS) is 12.6. The van der Waals surface area contributed by atoms with Crippen molar-refractivity contribution in [3.05, 3.63) is 47.3 Å². The van der Waals surface area contributed by atoms with Crippen LogP contribution >= 0.6 is 0 Å². The molecular weight excluding hydrogens is 264 g/mol. The molecule has 0 aliphatic rings. The number of benzene rings is 1. The maximum absolute atomic E-state index is 5.69. The number of nitrogens with one attached hydrogen (secondary N) is 1. The number of nitrogens with zero attached hydrogens (tertiary/aromatic N) is 1. The molecule has 1 unspecified atom stereocenters. The van der Waals surface area contributed by atoms with Gasteiger partial charge in [0.05, 0.1) is 12.3 Å². The number of aryl methyl sites for hydroxylation is 1. The second-order valence-electron chi connectivity index (χ2n) is 5.81. The largest absolute Gasteiger partial charge is 0.493 e. The zero-order chi connectivity index (χ0) is 15.2. The van der Waals surface area contributed by atoms with Gasteiger partial charge >= 0.3 is 0 Å². The molecule has 21 heavy (non-hydrogen) atoms. The minimum atomic E-state index is 0.251. The summed E-state index contributed by atoms with van der Waals surface area (Å²) in [5.74, 6) is 2.30. The van der Waals surface area contributed by atoms with Crippen LogP contribution in [0.3, 0.4) is 0 Å². The van der Waals surface area contributed by atoms with Gasteiger partial charge in [0.2, 0.25) is 0 Å². The van der Waals surface area contributed by atoms with Crippen molar-refractivity contribution in [2.45, 2.75) is 40.3 Å². The van der Waals surface area contributed by atoms with Crippen LogP contribution < -0.4 is 10.1 Å². The van der Waals surface area contributed by atoms with Crippen molar-refractivity contribution in [2.24, 2.45) is 5.92 Å². The maximum Gasteiger partial charge on any atom is 0.133 e. The minimum Gasteiger partial charge on any atom is -0.493 e. The fraction of sp³-hybridized carbons (Fsp3) is 0.471. The first-order valence-corrected chi connectivity index (χ1v) is 7.43. The molecule has 0 aliphatic heterocycles. The zero-order valence-corrected chi connectivity index (χ0v) is 13.2. The molecule has 0 saturated heterocycles. The van der Waals surface area contributed by atoms with Crippen molar-refractivity contribution in [1.82, 2.24) is 10.5 Å². The molecule has 0 spiro atoms. The monoisotopic (exact) mass is 288 g/mol. The molecule has 4 heteroatoms. The lowest BCUT2D eigenvalue weighted by Crippen LogP contribution is -2.18. The molecule has 0 fully saturated rings. The molecular formula is C17H24N2O2. The molecule has 114 valence electrons. The Hall–Kier alpha value is -1.81. The van der Waals surface area contributed by atoms with E-state index in [-0.39, 0.29) is 6.04 Å². The Morgan fingerprint density at radius 1 is 1.19 bits per heavy atom. The molecule has 0 saturated carbocycles. The van der Waals surface area contributed by atoms with E-state index in [1.165, 1.54) is 5.56 Å². The second-order valence-corrected chi connectivity index (χ2v) is 5.81. The first-order chi connectivity index (χ1) is 10.0. The van der Waals surface area contributed by atoms with Gasteiger partial charge in [-0.25, -0.2) is 0 Å². The summed E-state index contributed by atoms with van der Waals surface area (Å²) in [4.78, 5) is 0. The summed E-state index contributed by atoms with van der Waals surface area (Å²) in [5.41, 5.74) is 2.16. The first kappa shape index (κ1) is 15.6. The summed E-state index contributed by atoms with van der Waals surface area (Å²) in [7, 11) is 0. The lowest BCUT2D eigenvalue weighted by atomic mass is 10.1. The zero-order valence-electron chi connectivity index (χ0n) is 13.2. The summed E-state index contributed by atoms with van der Waals surface area (Å²) in [6, 6.07) is 10.4. The molecule has 2 aromatic rings. The quantitative estimate of drug-likeness (QED) is 0.840. The predicted molar refractivity (Wildman–Crippen MR) is 83.3 cm³/mol. The number of rotatable bonds is 7. The minimum absolute atomic E-state index is 0.251. The van der Waals surface area contributed by atoms with Crippen LogP contribution in [0, 0.1) is 12.8 Å². The molecule has 1 aromatic carbocycles. The van der Waals surface area contributed by atoms with Gasteiger partial charge in [0.25, 0.3) is 0 Å². The van der Waals surface area contributed by atoms with Crippen molar-refractivity contribution in [2.75, 3.05) is 6.61 Å². The van der Waals surface area contributed by atoms with Crippen LogP contribution in [-0.2, 0) is 6.54 Å². The Balaban J connectivity index is 1.85. The molecule has 2 rings (SSSR count). The predicted octanol–water partition coefficient (Wildman–Crippen LogP) is 3.87. The van der Waals surface area contributed by atoms with Gasteiger partial charge in [0, 0.05) is 18.7 Å². The fourth-order valence-electron chi connectivity index (χ4n) is 1.99. The highest BCUT2D eigenvalue weighted by Crippen LogP contribution is 2.18. The molecule has 1 aromatic heterocycles. The van der Waals surface area contributed by atoms with Crippen molar-refractivity contribution in [3.8, 4) is 5.75 Å². The fourth-order valence-corrected chi connectivity index (χ4v) is 1.99. The Kier molecular flexibility index (Phi) is 5.39. The first-order valence-electron chi connectivity index (χ1n) is 7.43. The molecule has 1 N–H and O–H groups in total. The summed E-state index contributed by atoms with van der Waals surface area (Å²) < 4.78 is 10.7. The number of aromatic nitrogens is 1. The van der Waals surface area contributed by atoms with Crippen molar-refractivity contribution in [1.29, 1.82) is 0 Å².